The summed E-state index contributed by atoms with van der Waals surface area (Å²) in [5.41, 5.74) is 0. The summed E-state index contributed by atoms with van der Waals surface area (Å²) in [7, 11) is 0. The van der Waals surface area contributed by atoms with Gasteiger partial charge in [0.25, 0.3) is 5.82 Å². The Morgan fingerprint density at radius 2 is 2.67 bits per heavy atom. The molecule has 6 nitrogen and oxygen atoms in total. The van der Waals surface area contributed by atoms with Gasteiger partial charge in [0.2, 0.25) is 0 Å². The third-order valence-corrected chi connectivity index (χ3v) is 2.31. The van der Waals surface area contributed by atoms with Crippen LogP contribution in [0.5, 0.6) is 0 Å². The normalized spacial score (nSPS) is 35.7. The van der Waals surface area contributed by atoms with Gasteiger partial charge in [-0.3, -0.25) is 4.65 Å². The molecule has 2 unspecified atom stereocenters. The fourth-order valence-electron chi connectivity index (χ4n) is 1.17. The van der Waals surface area contributed by atoms with Crippen molar-refractivity contribution >= 4 is 17.4 Å². The van der Waals surface area contributed by atoms with E-state index in [0.29, 0.717) is 5.82 Å². The first-order chi connectivity index (χ1) is 5.71. The molecular formula is C5H8N4O2S. The van der Waals surface area contributed by atoms with E-state index in [1.165, 1.54) is 0 Å². The molecule has 1 aliphatic rings. The van der Waals surface area contributed by atoms with Crippen LogP contribution >= 0.6 is 11.5 Å². The maximum atomic E-state index is 11.8. The molecule has 0 radical (unpaired) electrons. The number of aromatic nitrogens is 2. The fourth-order valence-corrected chi connectivity index (χ4v) is 1.68. The van der Waals surface area contributed by atoms with E-state index in [4.69, 9.17) is 5.11 Å². The summed E-state index contributed by atoms with van der Waals surface area (Å²) < 4.78 is 2.98. The molecular weight excluding hydrogens is 180 g/mol. The standard InChI is InChI=1S/C5H8N4O2S/c10-5-1-9(11,3-6-5)4-2-12-8-7-4/h2,5-6,10H,1,3H2. The minimum absolute atomic E-state index is 0.103. The zero-order valence-electron chi connectivity index (χ0n) is 6.17. The van der Waals surface area contributed by atoms with Gasteiger partial charge in [-0.05, 0) is 11.5 Å². The number of aliphatic hydroxyl groups excluding tert-OH is 1. The summed E-state index contributed by atoms with van der Waals surface area (Å²) in [6, 6.07) is 0. The van der Waals surface area contributed by atoms with Gasteiger partial charge < -0.3 is 10.3 Å². The Morgan fingerprint density at radius 3 is 3.17 bits per heavy atom. The van der Waals surface area contributed by atoms with Crippen molar-refractivity contribution in [1.82, 2.24) is 19.6 Å². The van der Waals surface area contributed by atoms with E-state index in [0.717, 1.165) is 11.5 Å². The van der Waals surface area contributed by atoms with E-state index >= 15 is 0 Å². The number of nitrogens with one attached hydrogen (secondary N) is 1. The highest BCUT2D eigenvalue weighted by molar-refractivity contribution is 7.03. The Kier molecular flexibility index (Phi) is 1.81. The van der Waals surface area contributed by atoms with Crippen molar-refractivity contribution in [2.75, 3.05) is 13.2 Å². The molecule has 1 fully saturated rings. The summed E-state index contributed by atoms with van der Waals surface area (Å²) >= 11 is 1.14. The number of nitrogens with zero attached hydrogens (tertiary/aromatic N) is 3. The summed E-state index contributed by atoms with van der Waals surface area (Å²) in [4.78, 5) is 0. The minimum Gasteiger partial charge on any atom is -0.625 e. The van der Waals surface area contributed by atoms with Crippen molar-refractivity contribution in [2.24, 2.45) is 0 Å². The number of rotatable bonds is 1. The molecule has 0 aliphatic carbocycles. The van der Waals surface area contributed by atoms with E-state index in [9.17, 15) is 5.21 Å². The molecule has 2 atom stereocenters. The largest absolute Gasteiger partial charge is 0.625 e. The first-order valence-corrected chi connectivity index (χ1v) is 4.31. The highest BCUT2D eigenvalue weighted by Crippen LogP contribution is 2.22. The highest BCUT2D eigenvalue weighted by Gasteiger charge is 2.33. The molecule has 2 rings (SSSR count). The maximum Gasteiger partial charge on any atom is 0.260 e. The van der Waals surface area contributed by atoms with Crippen molar-refractivity contribution in [3.63, 3.8) is 0 Å². The lowest BCUT2D eigenvalue weighted by molar-refractivity contribution is 0.166. The van der Waals surface area contributed by atoms with Crippen molar-refractivity contribution < 1.29 is 5.11 Å². The minimum atomic E-state index is -0.732. The van der Waals surface area contributed by atoms with Crippen LogP contribution < -0.4 is 9.96 Å². The maximum absolute atomic E-state index is 11.8. The fraction of sp³-hybridized carbons (Fsp3) is 0.600. The topological polar surface area (TPSA) is 81.1 Å². The molecule has 2 heterocycles. The lowest BCUT2D eigenvalue weighted by atomic mass is 10.5. The average molecular weight is 188 g/mol. The number of quaternary nitrogens is 1. The molecule has 0 bridgehead atoms. The molecule has 0 aromatic carbocycles. The lowest BCUT2D eigenvalue weighted by Gasteiger charge is -2.33. The van der Waals surface area contributed by atoms with Gasteiger partial charge in [0.15, 0.2) is 6.23 Å². The van der Waals surface area contributed by atoms with Gasteiger partial charge in [-0.15, -0.1) is 0 Å². The molecule has 0 amide bonds. The van der Waals surface area contributed by atoms with E-state index < -0.39 is 10.9 Å². The Labute approximate surface area is 72.8 Å². The second-order valence-electron chi connectivity index (χ2n) is 2.71. The van der Waals surface area contributed by atoms with Gasteiger partial charge in [0.05, 0.1) is 5.38 Å². The molecule has 1 aromatic rings. The summed E-state index contributed by atoms with van der Waals surface area (Å²) in [6.45, 7) is 0.262. The number of hydrogen-bond donors (Lipinski definition) is 2. The molecule has 7 heteroatoms. The molecule has 0 spiro atoms. The molecule has 12 heavy (non-hydrogen) atoms. The summed E-state index contributed by atoms with van der Waals surface area (Å²) in [5.74, 6) is 0.365. The molecule has 0 saturated carbocycles. The monoisotopic (exact) mass is 188 g/mol. The number of hydrogen-bond acceptors (Lipinski definition) is 6. The van der Waals surface area contributed by atoms with E-state index in [-0.39, 0.29) is 13.2 Å². The quantitative estimate of drug-likeness (QED) is 0.446. The SMILES string of the molecule is [O-][N+]1(c2csnn2)CNC(O)C1. The van der Waals surface area contributed by atoms with Gasteiger partial charge in [-0.2, -0.15) is 0 Å². The highest BCUT2D eigenvalue weighted by atomic mass is 32.1. The van der Waals surface area contributed by atoms with Crippen LogP contribution in [0, 0.1) is 5.21 Å². The summed E-state index contributed by atoms with van der Waals surface area (Å²) in [5, 5.41) is 28.8. The molecule has 1 aliphatic heterocycles. The molecule has 1 saturated heterocycles. The van der Waals surface area contributed by atoms with Crippen LogP contribution in [-0.4, -0.2) is 34.1 Å². The van der Waals surface area contributed by atoms with E-state index in [2.05, 4.69) is 14.9 Å². The van der Waals surface area contributed by atoms with E-state index in [1.807, 2.05) is 0 Å². The van der Waals surface area contributed by atoms with E-state index in [1.54, 1.807) is 5.38 Å². The van der Waals surface area contributed by atoms with Crippen LogP contribution in [0.25, 0.3) is 0 Å². The van der Waals surface area contributed by atoms with Gasteiger partial charge in [-0.1, -0.05) is 9.59 Å². The van der Waals surface area contributed by atoms with Crippen LogP contribution in [0.15, 0.2) is 5.38 Å². The predicted octanol–water partition coefficient (Wildman–Crippen LogP) is -0.778. The van der Waals surface area contributed by atoms with Crippen LogP contribution in [0.3, 0.4) is 0 Å². The second kappa shape index (κ2) is 2.71. The van der Waals surface area contributed by atoms with Crippen molar-refractivity contribution in [1.29, 1.82) is 0 Å². The molecule has 66 valence electrons. The van der Waals surface area contributed by atoms with Gasteiger partial charge in [0, 0.05) is 0 Å². The van der Waals surface area contributed by atoms with Crippen LogP contribution in [0.4, 0.5) is 5.82 Å². The Balaban J connectivity index is 2.23. The van der Waals surface area contributed by atoms with Crippen LogP contribution in [0.2, 0.25) is 0 Å². The van der Waals surface area contributed by atoms with Gasteiger partial charge in [-0.25, -0.2) is 5.32 Å². The van der Waals surface area contributed by atoms with Gasteiger partial charge in [0.1, 0.15) is 13.2 Å². The zero-order chi connectivity index (χ0) is 8.60. The Hall–Kier alpha value is -0.600. The first-order valence-electron chi connectivity index (χ1n) is 3.48. The Bertz CT molecular complexity index is 266. The van der Waals surface area contributed by atoms with Crippen LogP contribution in [0.1, 0.15) is 0 Å². The van der Waals surface area contributed by atoms with Crippen molar-refractivity contribution in [2.45, 2.75) is 6.23 Å². The first kappa shape index (κ1) is 8.02. The average Bonchev–Trinajstić information content (AvgIpc) is 2.59. The van der Waals surface area contributed by atoms with Crippen molar-refractivity contribution in [3.05, 3.63) is 10.6 Å². The molecule has 2 N–H and O–H groups in total. The Morgan fingerprint density at radius 1 is 1.83 bits per heavy atom. The number of aliphatic hydroxyl groups is 1. The third kappa shape index (κ3) is 1.21. The van der Waals surface area contributed by atoms with Crippen molar-refractivity contribution in [3.8, 4) is 0 Å². The van der Waals surface area contributed by atoms with Crippen LogP contribution in [-0.2, 0) is 0 Å². The smallest absolute Gasteiger partial charge is 0.260 e. The number of hydroxylamine groups is 2. The zero-order valence-corrected chi connectivity index (χ0v) is 6.99. The second-order valence-corrected chi connectivity index (χ2v) is 3.32. The third-order valence-electron chi connectivity index (χ3n) is 1.82. The predicted molar refractivity (Wildman–Crippen MR) is 43.9 cm³/mol. The van der Waals surface area contributed by atoms with Gasteiger partial charge >= 0.3 is 0 Å². The molecule has 1 aromatic heterocycles. The summed E-state index contributed by atoms with van der Waals surface area (Å²) in [6.07, 6.45) is -0.732. The lowest BCUT2D eigenvalue weighted by Crippen LogP contribution is -2.42.